The third-order valence-corrected chi connectivity index (χ3v) is 1.79. The minimum absolute atomic E-state index is 0.774. The predicted molar refractivity (Wildman–Crippen MR) is 70.1 cm³/mol. The molecule has 0 spiro atoms. The molecule has 88 valence electrons. The Labute approximate surface area is 98.2 Å². The molecule has 0 aliphatic heterocycles. The van der Waals surface area contributed by atoms with Crippen molar-refractivity contribution in [3.63, 3.8) is 0 Å². The van der Waals surface area contributed by atoms with E-state index in [9.17, 15) is 0 Å². The van der Waals surface area contributed by atoms with Gasteiger partial charge in [-0.05, 0) is 32.9 Å². The normalized spacial score (nSPS) is 11.2. The standard InChI is InChI=1S/C11H15N3.C2H6/c1-5-7-8-11(6-2)14-10(4)12-9(3)13-14;1-2/h5-8H,2H2,1,3-4H3;1-2H3/b7-5-,11-8+;. The molecule has 0 aromatic carbocycles. The van der Waals surface area contributed by atoms with Crippen molar-refractivity contribution < 1.29 is 0 Å². The zero-order valence-electron chi connectivity index (χ0n) is 10.9. The van der Waals surface area contributed by atoms with E-state index in [0.29, 0.717) is 0 Å². The van der Waals surface area contributed by atoms with E-state index in [1.54, 1.807) is 10.8 Å². The van der Waals surface area contributed by atoms with Gasteiger partial charge in [-0.2, -0.15) is 5.10 Å². The average Bonchev–Trinajstić information content (AvgIpc) is 2.62. The molecule has 0 bridgehead atoms. The van der Waals surface area contributed by atoms with Gasteiger partial charge in [-0.3, -0.25) is 0 Å². The molecule has 0 amide bonds. The second-order valence-electron chi connectivity index (χ2n) is 2.94. The Morgan fingerprint density at radius 1 is 1.31 bits per heavy atom. The van der Waals surface area contributed by atoms with Crippen molar-refractivity contribution in [3.05, 3.63) is 42.5 Å². The van der Waals surface area contributed by atoms with Crippen molar-refractivity contribution in [2.24, 2.45) is 0 Å². The van der Waals surface area contributed by atoms with Gasteiger partial charge in [-0.25, -0.2) is 9.67 Å². The fourth-order valence-electron chi connectivity index (χ4n) is 1.19. The summed E-state index contributed by atoms with van der Waals surface area (Å²) in [5.74, 6) is 1.65. The minimum atomic E-state index is 0.774. The Morgan fingerprint density at radius 3 is 2.31 bits per heavy atom. The van der Waals surface area contributed by atoms with Crippen LogP contribution in [0.3, 0.4) is 0 Å². The fraction of sp³-hybridized carbons (Fsp3) is 0.385. The summed E-state index contributed by atoms with van der Waals surface area (Å²) in [7, 11) is 0. The number of rotatable bonds is 3. The lowest BCUT2D eigenvalue weighted by atomic mass is 10.3. The van der Waals surface area contributed by atoms with E-state index in [2.05, 4.69) is 16.7 Å². The van der Waals surface area contributed by atoms with Gasteiger partial charge < -0.3 is 0 Å². The molecule has 0 fully saturated rings. The Bertz CT molecular complexity index is 384. The Balaban J connectivity index is 0.00000106. The highest BCUT2D eigenvalue weighted by Gasteiger charge is 2.03. The van der Waals surface area contributed by atoms with Crippen LogP contribution in [0.4, 0.5) is 0 Å². The molecule has 16 heavy (non-hydrogen) atoms. The van der Waals surface area contributed by atoms with Gasteiger partial charge in [0.25, 0.3) is 0 Å². The van der Waals surface area contributed by atoms with Crippen LogP contribution in [0, 0.1) is 13.8 Å². The van der Waals surface area contributed by atoms with Gasteiger partial charge in [0.05, 0.1) is 5.70 Å². The summed E-state index contributed by atoms with van der Waals surface area (Å²) in [6.07, 6.45) is 7.63. The van der Waals surface area contributed by atoms with Gasteiger partial charge in [-0.15, -0.1) is 0 Å². The quantitative estimate of drug-likeness (QED) is 0.728. The van der Waals surface area contributed by atoms with Gasteiger partial charge >= 0.3 is 0 Å². The zero-order valence-corrected chi connectivity index (χ0v) is 10.9. The summed E-state index contributed by atoms with van der Waals surface area (Å²) in [6, 6.07) is 0. The zero-order chi connectivity index (χ0) is 12.6. The SMILES string of the molecule is C=C/C(=C\C=C/C)n1nc(C)nc1C.CC. The van der Waals surface area contributed by atoms with Crippen LogP contribution in [0.25, 0.3) is 5.70 Å². The van der Waals surface area contributed by atoms with E-state index < -0.39 is 0 Å². The molecule has 0 saturated carbocycles. The van der Waals surface area contributed by atoms with Crippen molar-refractivity contribution in [1.29, 1.82) is 0 Å². The molecule has 0 N–H and O–H groups in total. The summed E-state index contributed by atoms with van der Waals surface area (Å²) in [5.41, 5.74) is 0.932. The summed E-state index contributed by atoms with van der Waals surface area (Å²) < 4.78 is 1.78. The highest BCUT2D eigenvalue weighted by atomic mass is 15.3. The van der Waals surface area contributed by atoms with Crippen molar-refractivity contribution >= 4 is 5.70 Å². The summed E-state index contributed by atoms with van der Waals surface area (Å²) in [5, 5.41) is 4.27. The molecule has 1 rings (SSSR count). The smallest absolute Gasteiger partial charge is 0.148 e. The molecule has 0 aliphatic carbocycles. The molecule has 0 atom stereocenters. The minimum Gasteiger partial charge on any atom is -0.218 e. The predicted octanol–water partition coefficient (Wildman–Crippen LogP) is 3.52. The number of hydrogen-bond donors (Lipinski definition) is 0. The lowest BCUT2D eigenvalue weighted by Crippen LogP contribution is -1.99. The molecule has 3 heteroatoms. The van der Waals surface area contributed by atoms with Gasteiger partial charge in [0.2, 0.25) is 0 Å². The van der Waals surface area contributed by atoms with E-state index in [4.69, 9.17) is 0 Å². The molecule has 0 saturated heterocycles. The Hall–Kier alpha value is -1.64. The van der Waals surface area contributed by atoms with Gasteiger partial charge in [0, 0.05) is 0 Å². The first-order valence-electron chi connectivity index (χ1n) is 5.55. The number of allylic oxidation sites excluding steroid dienone is 5. The molecular weight excluding hydrogens is 198 g/mol. The van der Waals surface area contributed by atoms with Crippen molar-refractivity contribution in [3.8, 4) is 0 Å². The first-order chi connectivity index (χ1) is 7.69. The largest absolute Gasteiger partial charge is 0.218 e. The third-order valence-electron chi connectivity index (χ3n) is 1.79. The molecule has 1 heterocycles. The molecule has 0 aliphatic rings. The Kier molecular flexibility index (Phi) is 6.84. The summed E-state index contributed by atoms with van der Waals surface area (Å²) >= 11 is 0. The lowest BCUT2D eigenvalue weighted by molar-refractivity contribution is 0.857. The number of aromatic nitrogens is 3. The van der Waals surface area contributed by atoms with Crippen molar-refractivity contribution in [1.82, 2.24) is 14.8 Å². The fourth-order valence-corrected chi connectivity index (χ4v) is 1.19. The second kappa shape index (κ2) is 7.63. The molecule has 1 aromatic heterocycles. The number of hydrogen-bond acceptors (Lipinski definition) is 2. The molecule has 0 radical (unpaired) electrons. The average molecular weight is 219 g/mol. The van der Waals surface area contributed by atoms with Crippen molar-refractivity contribution in [2.45, 2.75) is 34.6 Å². The van der Waals surface area contributed by atoms with Crippen LogP contribution in [-0.2, 0) is 0 Å². The van der Waals surface area contributed by atoms with E-state index in [0.717, 1.165) is 17.3 Å². The Morgan fingerprint density at radius 2 is 1.94 bits per heavy atom. The van der Waals surface area contributed by atoms with Gasteiger partial charge in [0.1, 0.15) is 11.6 Å². The second-order valence-corrected chi connectivity index (χ2v) is 2.94. The topological polar surface area (TPSA) is 30.7 Å². The van der Waals surface area contributed by atoms with E-state index in [-0.39, 0.29) is 0 Å². The number of aryl methyl sites for hydroxylation is 2. The molecular formula is C13H21N3. The van der Waals surface area contributed by atoms with Crippen LogP contribution in [-0.4, -0.2) is 14.8 Å². The van der Waals surface area contributed by atoms with Crippen LogP contribution in [0.2, 0.25) is 0 Å². The third kappa shape index (κ3) is 3.85. The summed E-state index contributed by atoms with van der Waals surface area (Å²) in [4.78, 5) is 4.23. The van der Waals surface area contributed by atoms with Gasteiger partial charge in [-0.1, -0.05) is 32.6 Å². The van der Waals surface area contributed by atoms with E-state index >= 15 is 0 Å². The van der Waals surface area contributed by atoms with E-state index in [1.807, 2.05) is 52.8 Å². The van der Waals surface area contributed by atoms with Gasteiger partial charge in [0.15, 0.2) is 0 Å². The van der Waals surface area contributed by atoms with Crippen LogP contribution in [0.1, 0.15) is 32.4 Å². The molecule has 0 unspecified atom stereocenters. The highest BCUT2D eigenvalue weighted by molar-refractivity contribution is 5.57. The monoisotopic (exact) mass is 219 g/mol. The van der Waals surface area contributed by atoms with Crippen molar-refractivity contribution in [2.75, 3.05) is 0 Å². The molecule has 1 aromatic rings. The van der Waals surface area contributed by atoms with Crippen LogP contribution in [0.15, 0.2) is 30.9 Å². The van der Waals surface area contributed by atoms with Crippen LogP contribution in [0.5, 0.6) is 0 Å². The highest BCUT2D eigenvalue weighted by Crippen LogP contribution is 2.07. The maximum Gasteiger partial charge on any atom is 0.148 e. The summed E-state index contributed by atoms with van der Waals surface area (Å²) in [6.45, 7) is 13.5. The van der Waals surface area contributed by atoms with Crippen LogP contribution >= 0.6 is 0 Å². The lowest BCUT2D eigenvalue weighted by Gasteiger charge is -2.01. The van der Waals surface area contributed by atoms with Crippen LogP contribution < -0.4 is 0 Å². The maximum absolute atomic E-state index is 4.27. The molecule has 3 nitrogen and oxygen atoms in total. The van der Waals surface area contributed by atoms with E-state index in [1.165, 1.54) is 0 Å². The maximum atomic E-state index is 4.27. The first kappa shape index (κ1) is 14.4. The first-order valence-corrected chi connectivity index (χ1v) is 5.55. The number of nitrogens with zero attached hydrogens (tertiary/aromatic N) is 3.